The Hall–Kier alpha value is -1.29. The molecular formula is C14H19ClN2O5S2. The van der Waals surface area contributed by atoms with Crippen molar-refractivity contribution in [3.63, 3.8) is 0 Å². The van der Waals surface area contributed by atoms with E-state index in [2.05, 4.69) is 10.0 Å². The van der Waals surface area contributed by atoms with Gasteiger partial charge in [0.2, 0.25) is 10.0 Å². The molecule has 0 heterocycles. The van der Waals surface area contributed by atoms with Crippen LogP contribution in [0.1, 0.15) is 6.42 Å². The van der Waals surface area contributed by atoms with Crippen molar-refractivity contribution in [1.82, 2.24) is 10.0 Å². The predicted octanol–water partition coefficient (Wildman–Crippen LogP) is 1.03. The molecular weight excluding hydrogens is 376 g/mol. The number of benzene rings is 1. The van der Waals surface area contributed by atoms with Crippen molar-refractivity contribution in [2.24, 2.45) is 0 Å². The van der Waals surface area contributed by atoms with Crippen molar-refractivity contribution in [3.8, 4) is 0 Å². The number of rotatable bonds is 9. The summed E-state index contributed by atoms with van der Waals surface area (Å²) in [6.07, 6.45) is 2.07. The zero-order chi connectivity index (χ0) is 18.2. The largest absolute Gasteiger partial charge is 0.454 e. The average Bonchev–Trinajstić information content (AvgIpc) is 2.56. The van der Waals surface area contributed by atoms with E-state index in [0.717, 1.165) is 0 Å². The summed E-state index contributed by atoms with van der Waals surface area (Å²) in [6, 6.07) is 4.48. The minimum absolute atomic E-state index is 0.0137. The number of nitrogens with one attached hydrogen (secondary N) is 2. The first-order chi connectivity index (χ1) is 11.3. The highest BCUT2D eigenvalue weighted by molar-refractivity contribution is 7.98. The second kappa shape index (κ2) is 9.87. The van der Waals surface area contributed by atoms with Gasteiger partial charge < -0.3 is 10.1 Å². The molecule has 24 heavy (non-hydrogen) atoms. The fourth-order valence-electron chi connectivity index (χ4n) is 1.64. The molecule has 1 atom stereocenters. The van der Waals surface area contributed by atoms with Crippen LogP contribution in [0.3, 0.4) is 0 Å². The molecule has 0 aromatic heterocycles. The van der Waals surface area contributed by atoms with Gasteiger partial charge >= 0.3 is 5.97 Å². The molecule has 134 valence electrons. The van der Waals surface area contributed by atoms with Crippen LogP contribution >= 0.6 is 23.4 Å². The van der Waals surface area contributed by atoms with Crippen molar-refractivity contribution in [2.75, 3.05) is 25.7 Å². The van der Waals surface area contributed by atoms with Gasteiger partial charge in [0.1, 0.15) is 6.04 Å². The third-order valence-electron chi connectivity index (χ3n) is 2.94. The summed E-state index contributed by atoms with van der Waals surface area (Å²) in [5.74, 6) is -0.735. The fourth-order valence-corrected chi connectivity index (χ4v) is 3.46. The summed E-state index contributed by atoms with van der Waals surface area (Å²) < 4.78 is 31.9. The van der Waals surface area contributed by atoms with E-state index < -0.39 is 34.5 Å². The lowest BCUT2D eigenvalue weighted by atomic mass is 10.2. The highest BCUT2D eigenvalue weighted by atomic mass is 35.5. The maximum Gasteiger partial charge on any atom is 0.324 e. The van der Waals surface area contributed by atoms with Gasteiger partial charge in [-0.1, -0.05) is 11.6 Å². The Kier molecular flexibility index (Phi) is 8.54. The van der Waals surface area contributed by atoms with Crippen LogP contribution in [0.15, 0.2) is 29.2 Å². The van der Waals surface area contributed by atoms with Crippen LogP contribution in [0.2, 0.25) is 5.02 Å². The van der Waals surface area contributed by atoms with E-state index in [9.17, 15) is 18.0 Å². The van der Waals surface area contributed by atoms with Crippen LogP contribution in [0.5, 0.6) is 0 Å². The molecule has 0 fully saturated rings. The molecule has 0 spiro atoms. The van der Waals surface area contributed by atoms with Crippen molar-refractivity contribution < 1.29 is 22.7 Å². The summed E-state index contributed by atoms with van der Waals surface area (Å²) >= 11 is 7.20. The highest BCUT2D eigenvalue weighted by Gasteiger charge is 2.27. The molecule has 0 radical (unpaired) electrons. The van der Waals surface area contributed by atoms with Crippen molar-refractivity contribution in [1.29, 1.82) is 0 Å². The molecule has 1 aromatic rings. The Morgan fingerprint density at radius 1 is 1.29 bits per heavy atom. The van der Waals surface area contributed by atoms with Crippen LogP contribution < -0.4 is 10.0 Å². The van der Waals surface area contributed by atoms with Crippen molar-refractivity contribution in [2.45, 2.75) is 17.4 Å². The van der Waals surface area contributed by atoms with Crippen LogP contribution in [0, 0.1) is 0 Å². The predicted molar refractivity (Wildman–Crippen MR) is 93.6 cm³/mol. The number of hydrogen-bond acceptors (Lipinski definition) is 6. The maximum atomic E-state index is 12.4. The summed E-state index contributed by atoms with van der Waals surface area (Å²) in [7, 11) is -2.51. The van der Waals surface area contributed by atoms with Gasteiger partial charge in [-0.2, -0.15) is 16.5 Å². The molecule has 1 amide bonds. The Labute approximate surface area is 150 Å². The molecule has 0 unspecified atom stereocenters. The van der Waals surface area contributed by atoms with Crippen molar-refractivity contribution >= 4 is 45.3 Å². The minimum Gasteiger partial charge on any atom is -0.454 e. The third-order valence-corrected chi connectivity index (χ3v) is 5.32. The zero-order valence-corrected chi connectivity index (χ0v) is 15.6. The molecule has 0 aliphatic carbocycles. The minimum atomic E-state index is -3.92. The lowest BCUT2D eigenvalue weighted by Crippen LogP contribution is -2.43. The summed E-state index contributed by atoms with van der Waals surface area (Å²) in [5, 5.41) is 2.71. The standard InChI is InChI=1S/C14H19ClN2O5S2/c1-16-13(18)9-22-14(19)12(7-8-23-2)17-24(20,21)11-5-3-10(15)4-6-11/h3-6,12,17H,7-9H2,1-2H3,(H,16,18)/t12-/m1/s1. The topological polar surface area (TPSA) is 102 Å². The van der Waals surface area contributed by atoms with Crippen LogP contribution in [-0.2, 0) is 24.3 Å². The number of halogens is 1. The quantitative estimate of drug-likeness (QED) is 0.606. The van der Waals surface area contributed by atoms with Gasteiger partial charge in [-0.25, -0.2) is 8.42 Å². The molecule has 7 nitrogen and oxygen atoms in total. The number of hydrogen-bond donors (Lipinski definition) is 2. The molecule has 0 saturated heterocycles. The SMILES string of the molecule is CNC(=O)COC(=O)[C@@H](CCSC)NS(=O)(=O)c1ccc(Cl)cc1. The highest BCUT2D eigenvalue weighted by Crippen LogP contribution is 2.15. The van der Waals surface area contributed by atoms with E-state index in [1.165, 1.54) is 43.1 Å². The normalized spacial score (nSPS) is 12.5. The van der Waals surface area contributed by atoms with Crippen LogP contribution in [0.25, 0.3) is 0 Å². The molecule has 1 aromatic carbocycles. The van der Waals surface area contributed by atoms with E-state index in [1.54, 1.807) is 0 Å². The lowest BCUT2D eigenvalue weighted by Gasteiger charge is -2.17. The number of ether oxygens (including phenoxy) is 1. The smallest absolute Gasteiger partial charge is 0.324 e. The molecule has 1 rings (SSSR count). The summed E-state index contributed by atoms with van der Waals surface area (Å²) in [5.41, 5.74) is 0. The van der Waals surface area contributed by atoms with Gasteiger partial charge in [0, 0.05) is 12.1 Å². The molecule has 0 aliphatic rings. The molecule has 0 saturated carbocycles. The van der Waals surface area contributed by atoms with Gasteiger partial charge in [-0.3, -0.25) is 9.59 Å². The number of carbonyl (C=O) groups is 2. The van der Waals surface area contributed by atoms with Crippen LogP contribution in [0.4, 0.5) is 0 Å². The molecule has 0 bridgehead atoms. The van der Waals surface area contributed by atoms with E-state index in [-0.39, 0.29) is 11.3 Å². The lowest BCUT2D eigenvalue weighted by molar-refractivity contribution is -0.150. The number of esters is 1. The Morgan fingerprint density at radius 2 is 1.92 bits per heavy atom. The van der Waals surface area contributed by atoms with E-state index in [4.69, 9.17) is 16.3 Å². The first-order valence-corrected chi connectivity index (χ1v) is 10.2. The monoisotopic (exact) mass is 394 g/mol. The van der Waals surface area contributed by atoms with Gasteiger partial charge in [-0.15, -0.1) is 0 Å². The Balaban J connectivity index is 2.85. The maximum absolute atomic E-state index is 12.4. The molecule has 10 heteroatoms. The van der Waals surface area contributed by atoms with Crippen molar-refractivity contribution in [3.05, 3.63) is 29.3 Å². The zero-order valence-electron chi connectivity index (χ0n) is 13.2. The molecule has 0 aliphatic heterocycles. The number of amides is 1. The Morgan fingerprint density at radius 3 is 2.46 bits per heavy atom. The van der Waals surface area contributed by atoms with Crippen LogP contribution in [-0.4, -0.2) is 52.0 Å². The van der Waals surface area contributed by atoms with E-state index >= 15 is 0 Å². The second-order valence-corrected chi connectivity index (χ2v) is 7.83. The van der Waals surface area contributed by atoms with E-state index in [1.807, 2.05) is 6.26 Å². The van der Waals surface area contributed by atoms with Gasteiger partial charge in [0.25, 0.3) is 5.91 Å². The number of carbonyl (C=O) groups excluding carboxylic acids is 2. The summed E-state index contributed by atoms with van der Waals surface area (Å²) in [6.45, 7) is -0.465. The number of sulfonamides is 1. The first-order valence-electron chi connectivity index (χ1n) is 6.94. The average molecular weight is 395 g/mol. The van der Waals surface area contributed by atoms with Gasteiger partial charge in [0.15, 0.2) is 6.61 Å². The molecule has 2 N–H and O–H groups in total. The summed E-state index contributed by atoms with van der Waals surface area (Å²) in [4.78, 5) is 23.2. The number of likely N-dealkylation sites (N-methyl/N-ethyl adjacent to an activating group) is 1. The van der Waals surface area contributed by atoms with Gasteiger partial charge in [-0.05, 0) is 42.7 Å². The van der Waals surface area contributed by atoms with Gasteiger partial charge in [0.05, 0.1) is 4.90 Å². The van der Waals surface area contributed by atoms with E-state index in [0.29, 0.717) is 10.8 Å². The second-order valence-electron chi connectivity index (χ2n) is 4.69. The first kappa shape index (κ1) is 20.8. The third kappa shape index (κ3) is 6.68. The fraction of sp³-hybridized carbons (Fsp3) is 0.429. The Bertz CT molecular complexity index is 664. The number of thioether (sulfide) groups is 1.